The predicted molar refractivity (Wildman–Crippen MR) is 98.3 cm³/mol. The summed E-state index contributed by atoms with van der Waals surface area (Å²) in [5, 5.41) is 17.8. The van der Waals surface area contributed by atoms with E-state index in [1.807, 2.05) is 0 Å². The van der Waals surface area contributed by atoms with Crippen LogP contribution in [0.3, 0.4) is 0 Å². The highest BCUT2D eigenvalue weighted by molar-refractivity contribution is 6.40. The molecule has 3 unspecified atom stereocenters. The van der Waals surface area contributed by atoms with E-state index < -0.39 is 18.8 Å². The molecule has 1 aromatic carbocycles. The molecular formula is C19H29BF2N2O2. The third-order valence-corrected chi connectivity index (χ3v) is 6.13. The van der Waals surface area contributed by atoms with Crippen LogP contribution in [0.1, 0.15) is 50.5 Å². The molecule has 2 aliphatic heterocycles. The number of nitrogens with two attached hydrogens (primary N) is 1. The molecule has 3 atom stereocenters. The van der Waals surface area contributed by atoms with Gasteiger partial charge in [0, 0.05) is 24.7 Å². The van der Waals surface area contributed by atoms with Gasteiger partial charge in [-0.05, 0) is 62.0 Å². The Balaban J connectivity index is 1.51. The Labute approximate surface area is 154 Å². The molecule has 2 bridgehead atoms. The van der Waals surface area contributed by atoms with Crippen LogP contribution in [0.4, 0.5) is 8.78 Å². The zero-order valence-electron chi connectivity index (χ0n) is 15.2. The minimum absolute atomic E-state index is 0.152. The molecular weight excluding hydrogens is 337 g/mol. The summed E-state index contributed by atoms with van der Waals surface area (Å²) in [6.45, 7) is 0.670. The molecule has 4 N–H and O–H groups in total. The van der Waals surface area contributed by atoms with E-state index in [-0.39, 0.29) is 6.04 Å². The Kier molecular flexibility index (Phi) is 6.67. The molecule has 3 rings (SSSR count). The van der Waals surface area contributed by atoms with E-state index in [1.165, 1.54) is 12.1 Å². The second-order valence-electron chi connectivity index (χ2n) is 7.97. The van der Waals surface area contributed by atoms with Crippen molar-refractivity contribution in [3.63, 3.8) is 0 Å². The number of hydrogen-bond acceptors (Lipinski definition) is 4. The second kappa shape index (κ2) is 8.78. The highest BCUT2D eigenvalue weighted by Gasteiger charge is 2.41. The molecule has 0 saturated carbocycles. The van der Waals surface area contributed by atoms with Crippen LogP contribution in [0.15, 0.2) is 18.2 Å². The molecule has 7 heteroatoms. The minimum Gasteiger partial charge on any atom is -0.427 e. The third kappa shape index (κ3) is 4.82. The van der Waals surface area contributed by atoms with Crippen molar-refractivity contribution in [3.05, 3.63) is 35.4 Å². The van der Waals surface area contributed by atoms with E-state index in [0.717, 1.165) is 50.5 Å². The van der Waals surface area contributed by atoms with Gasteiger partial charge in [0.15, 0.2) is 11.6 Å². The maximum atomic E-state index is 13.5. The SMILES string of the molecule is NC(CCCCB(O)O)C1CC2CCC(C1)N2Cc1ccc(F)c(F)c1. The van der Waals surface area contributed by atoms with E-state index in [9.17, 15) is 8.78 Å². The average molecular weight is 366 g/mol. The lowest BCUT2D eigenvalue weighted by Crippen LogP contribution is -2.46. The molecule has 2 saturated heterocycles. The largest absolute Gasteiger partial charge is 0.451 e. The predicted octanol–water partition coefficient (Wildman–Crippen LogP) is 2.68. The van der Waals surface area contributed by atoms with Crippen molar-refractivity contribution in [2.24, 2.45) is 11.7 Å². The summed E-state index contributed by atoms with van der Waals surface area (Å²) in [6, 6.07) is 5.28. The molecule has 0 radical (unpaired) electrons. The first-order valence-corrected chi connectivity index (χ1v) is 9.75. The first kappa shape index (κ1) is 19.7. The molecule has 0 aliphatic carbocycles. The Morgan fingerprint density at radius 1 is 1.12 bits per heavy atom. The van der Waals surface area contributed by atoms with E-state index in [2.05, 4.69) is 4.90 Å². The van der Waals surface area contributed by atoms with E-state index in [4.69, 9.17) is 15.8 Å². The highest BCUT2D eigenvalue weighted by atomic mass is 19.2. The first-order chi connectivity index (χ1) is 12.4. The summed E-state index contributed by atoms with van der Waals surface area (Å²) in [5.41, 5.74) is 7.24. The van der Waals surface area contributed by atoms with Crippen molar-refractivity contribution in [3.8, 4) is 0 Å². The molecule has 2 aliphatic rings. The summed E-state index contributed by atoms with van der Waals surface area (Å²) in [5.74, 6) is -1.08. The fraction of sp³-hybridized carbons (Fsp3) is 0.684. The Morgan fingerprint density at radius 3 is 2.42 bits per heavy atom. The second-order valence-corrected chi connectivity index (χ2v) is 7.97. The van der Waals surface area contributed by atoms with E-state index in [0.29, 0.717) is 30.9 Å². The first-order valence-electron chi connectivity index (χ1n) is 9.75. The molecule has 0 spiro atoms. The number of benzene rings is 1. The van der Waals surface area contributed by atoms with Crippen molar-refractivity contribution in [2.75, 3.05) is 0 Å². The van der Waals surface area contributed by atoms with Gasteiger partial charge in [0.1, 0.15) is 0 Å². The zero-order valence-corrected chi connectivity index (χ0v) is 15.2. The quantitative estimate of drug-likeness (QED) is 0.489. The number of unbranched alkanes of at least 4 members (excludes halogenated alkanes) is 1. The molecule has 1 aromatic rings. The van der Waals surface area contributed by atoms with Gasteiger partial charge in [-0.25, -0.2) is 8.78 Å². The summed E-state index contributed by atoms with van der Waals surface area (Å²) in [7, 11) is -1.22. The van der Waals surface area contributed by atoms with Crippen molar-refractivity contribution < 1.29 is 18.8 Å². The number of fused-ring (bicyclic) bond motifs is 2. The van der Waals surface area contributed by atoms with Gasteiger partial charge >= 0.3 is 7.12 Å². The van der Waals surface area contributed by atoms with Crippen LogP contribution < -0.4 is 5.73 Å². The molecule has 2 fully saturated rings. The normalized spacial score (nSPS) is 26.9. The van der Waals surface area contributed by atoms with Crippen LogP contribution in [0.2, 0.25) is 6.32 Å². The van der Waals surface area contributed by atoms with E-state index in [1.54, 1.807) is 6.07 Å². The van der Waals surface area contributed by atoms with Crippen molar-refractivity contribution in [1.82, 2.24) is 4.90 Å². The van der Waals surface area contributed by atoms with Crippen LogP contribution in [0.25, 0.3) is 0 Å². The standard InChI is InChI=1S/C19H29BF2N2O2/c21-17-7-4-13(9-18(17)22)12-24-15-5-6-16(24)11-14(10-15)19(23)3-1-2-8-20(25)26/h4,7,9,14-16,19,25-26H,1-3,5-6,8,10-12,23H2. The van der Waals surface area contributed by atoms with Gasteiger partial charge < -0.3 is 15.8 Å². The van der Waals surface area contributed by atoms with Crippen LogP contribution >= 0.6 is 0 Å². The van der Waals surface area contributed by atoms with Gasteiger partial charge in [-0.3, -0.25) is 4.90 Å². The van der Waals surface area contributed by atoms with Crippen molar-refractivity contribution in [2.45, 2.75) is 75.9 Å². The molecule has 26 heavy (non-hydrogen) atoms. The lowest BCUT2D eigenvalue weighted by atomic mass is 9.80. The Hall–Kier alpha value is -1.02. The summed E-state index contributed by atoms with van der Waals surface area (Å²) < 4.78 is 26.6. The Bertz CT molecular complexity index is 591. The maximum absolute atomic E-state index is 13.5. The molecule has 0 amide bonds. The molecule has 0 aromatic heterocycles. The lowest BCUT2D eigenvalue weighted by Gasteiger charge is -2.41. The lowest BCUT2D eigenvalue weighted by molar-refractivity contribution is 0.0844. The van der Waals surface area contributed by atoms with E-state index >= 15 is 0 Å². The van der Waals surface area contributed by atoms with Gasteiger partial charge in [0.25, 0.3) is 0 Å². The smallest absolute Gasteiger partial charge is 0.427 e. The Morgan fingerprint density at radius 2 is 1.81 bits per heavy atom. The summed E-state index contributed by atoms with van der Waals surface area (Å²) in [6.07, 6.45) is 7.44. The van der Waals surface area contributed by atoms with Gasteiger partial charge in [0.05, 0.1) is 0 Å². The summed E-state index contributed by atoms with van der Waals surface area (Å²) >= 11 is 0. The van der Waals surface area contributed by atoms with Gasteiger partial charge in [-0.15, -0.1) is 0 Å². The number of nitrogens with zero attached hydrogens (tertiary/aromatic N) is 1. The van der Waals surface area contributed by atoms with Gasteiger partial charge in [-0.2, -0.15) is 0 Å². The highest BCUT2D eigenvalue weighted by Crippen LogP contribution is 2.41. The molecule has 4 nitrogen and oxygen atoms in total. The number of piperidine rings is 1. The van der Waals surface area contributed by atoms with Crippen LogP contribution in [0, 0.1) is 17.6 Å². The number of halogens is 2. The number of hydrogen-bond donors (Lipinski definition) is 3. The third-order valence-electron chi connectivity index (χ3n) is 6.13. The van der Waals surface area contributed by atoms with Gasteiger partial charge in [0.2, 0.25) is 0 Å². The molecule has 2 heterocycles. The fourth-order valence-electron chi connectivity index (χ4n) is 4.72. The maximum Gasteiger partial charge on any atom is 0.451 e. The monoisotopic (exact) mass is 366 g/mol. The number of rotatable bonds is 8. The van der Waals surface area contributed by atoms with Crippen molar-refractivity contribution in [1.29, 1.82) is 0 Å². The zero-order chi connectivity index (χ0) is 18.7. The molecule has 144 valence electrons. The average Bonchev–Trinajstić information content (AvgIpc) is 2.82. The van der Waals surface area contributed by atoms with Crippen molar-refractivity contribution >= 4 is 7.12 Å². The van der Waals surface area contributed by atoms with Crippen LogP contribution in [-0.2, 0) is 6.54 Å². The summed E-state index contributed by atoms with van der Waals surface area (Å²) in [4.78, 5) is 2.44. The van der Waals surface area contributed by atoms with Crippen LogP contribution in [0.5, 0.6) is 0 Å². The topological polar surface area (TPSA) is 69.7 Å². The van der Waals surface area contributed by atoms with Crippen LogP contribution in [-0.4, -0.2) is 40.2 Å². The fourth-order valence-corrected chi connectivity index (χ4v) is 4.72. The van der Waals surface area contributed by atoms with Gasteiger partial charge in [-0.1, -0.05) is 18.9 Å². The minimum atomic E-state index is -1.22.